The Balaban J connectivity index is 2.30. The van der Waals surface area contributed by atoms with Gasteiger partial charge in [0.25, 0.3) is 0 Å². The van der Waals surface area contributed by atoms with Gasteiger partial charge < -0.3 is 4.79 Å². The molecule has 1 unspecified atom stereocenters. The maximum atomic E-state index is 11.3. The van der Waals surface area contributed by atoms with E-state index in [2.05, 4.69) is 64.2 Å². The predicted molar refractivity (Wildman–Crippen MR) is 85.4 cm³/mol. The van der Waals surface area contributed by atoms with E-state index in [-0.39, 0.29) is 16.7 Å². The molecule has 0 radical (unpaired) electrons. The number of hydrogen-bond donors (Lipinski definition) is 0. The third kappa shape index (κ3) is 2.87. The van der Waals surface area contributed by atoms with Crippen LogP contribution in [0.4, 0.5) is 0 Å². The largest absolute Gasteiger partial charge is 0.303 e. The van der Waals surface area contributed by atoms with Gasteiger partial charge in [-0.05, 0) is 44.1 Å². The zero-order chi connectivity index (χ0) is 14.8. The standard InChI is InChI=1S/C19H26O/c1-15-8-9-16(14-20)18(2,3)17(15)10-13-19(4)11-6-5-7-12-19/h6-7,10-14,16H,5,8-9H2,1-4H3/b13-10+. The molecule has 0 fully saturated rings. The third-order valence-corrected chi connectivity index (χ3v) is 4.91. The number of allylic oxidation sites excluding steroid dienone is 8. The van der Waals surface area contributed by atoms with Gasteiger partial charge in [0, 0.05) is 11.3 Å². The fourth-order valence-electron chi connectivity index (χ4n) is 3.36. The van der Waals surface area contributed by atoms with Crippen LogP contribution in [0.25, 0.3) is 0 Å². The number of carbonyl (C=O) groups is 1. The van der Waals surface area contributed by atoms with Crippen molar-refractivity contribution in [3.63, 3.8) is 0 Å². The summed E-state index contributed by atoms with van der Waals surface area (Å²) in [5.74, 6) is 0.135. The highest BCUT2D eigenvalue weighted by atomic mass is 16.1. The second kappa shape index (κ2) is 5.55. The van der Waals surface area contributed by atoms with Crippen LogP contribution >= 0.6 is 0 Å². The normalized spacial score (nSPS) is 28.1. The average molecular weight is 270 g/mol. The van der Waals surface area contributed by atoms with Crippen molar-refractivity contribution in [2.45, 2.75) is 47.0 Å². The molecule has 2 aliphatic rings. The number of aldehydes is 1. The highest BCUT2D eigenvalue weighted by Crippen LogP contribution is 2.44. The molecule has 2 aliphatic carbocycles. The first-order chi connectivity index (χ1) is 9.39. The van der Waals surface area contributed by atoms with Crippen LogP contribution in [0, 0.1) is 16.7 Å². The van der Waals surface area contributed by atoms with E-state index in [1.54, 1.807) is 0 Å². The van der Waals surface area contributed by atoms with Crippen molar-refractivity contribution in [2.75, 3.05) is 0 Å². The van der Waals surface area contributed by atoms with Gasteiger partial charge in [-0.3, -0.25) is 0 Å². The maximum Gasteiger partial charge on any atom is 0.123 e. The van der Waals surface area contributed by atoms with Gasteiger partial charge in [0.15, 0.2) is 0 Å². The Morgan fingerprint density at radius 2 is 1.85 bits per heavy atom. The van der Waals surface area contributed by atoms with Crippen molar-refractivity contribution >= 4 is 6.29 Å². The van der Waals surface area contributed by atoms with Crippen LogP contribution in [0.1, 0.15) is 47.0 Å². The molecule has 108 valence electrons. The summed E-state index contributed by atoms with van der Waals surface area (Å²) in [6, 6.07) is 0. The minimum atomic E-state index is -0.0565. The van der Waals surface area contributed by atoms with Crippen LogP contribution in [0.3, 0.4) is 0 Å². The minimum absolute atomic E-state index is 0.00966. The number of hydrogen-bond acceptors (Lipinski definition) is 1. The molecule has 0 aromatic carbocycles. The lowest BCUT2D eigenvalue weighted by Crippen LogP contribution is -2.31. The molecule has 0 spiro atoms. The Morgan fingerprint density at radius 3 is 2.45 bits per heavy atom. The Labute approximate surface area is 123 Å². The van der Waals surface area contributed by atoms with Gasteiger partial charge in [-0.15, -0.1) is 0 Å². The topological polar surface area (TPSA) is 17.1 Å². The van der Waals surface area contributed by atoms with Crippen molar-refractivity contribution in [1.29, 1.82) is 0 Å². The van der Waals surface area contributed by atoms with Crippen molar-refractivity contribution in [2.24, 2.45) is 16.7 Å². The van der Waals surface area contributed by atoms with Gasteiger partial charge in [-0.2, -0.15) is 0 Å². The Kier molecular flexibility index (Phi) is 4.17. The van der Waals surface area contributed by atoms with E-state index in [1.165, 1.54) is 11.1 Å². The molecule has 2 rings (SSSR count). The molecule has 0 aliphatic heterocycles. The second-order valence-electron chi connectivity index (χ2n) is 6.94. The van der Waals surface area contributed by atoms with Crippen LogP contribution < -0.4 is 0 Å². The molecule has 0 aromatic rings. The zero-order valence-corrected chi connectivity index (χ0v) is 13.1. The molecule has 0 amide bonds. The van der Waals surface area contributed by atoms with E-state index in [4.69, 9.17) is 0 Å². The molecule has 1 heteroatoms. The summed E-state index contributed by atoms with van der Waals surface area (Å²) >= 11 is 0. The van der Waals surface area contributed by atoms with Crippen LogP contribution in [-0.4, -0.2) is 6.29 Å². The molecule has 0 aromatic heterocycles. The first kappa shape index (κ1) is 15.0. The molecule has 0 N–H and O–H groups in total. The van der Waals surface area contributed by atoms with E-state index in [1.807, 2.05) is 0 Å². The fourth-order valence-corrected chi connectivity index (χ4v) is 3.36. The SMILES string of the molecule is CC1=C(/C=C/C2(C)C=CCC=C2)C(C)(C)C(C=O)CC1. The zero-order valence-electron chi connectivity index (χ0n) is 13.1. The Bertz CT molecular complexity index is 488. The third-order valence-electron chi connectivity index (χ3n) is 4.91. The Hall–Kier alpha value is -1.37. The molecule has 0 saturated carbocycles. The lowest BCUT2D eigenvalue weighted by molar-refractivity contribution is -0.113. The molecular formula is C19H26O. The molecule has 0 saturated heterocycles. The summed E-state index contributed by atoms with van der Waals surface area (Å²) in [5.41, 5.74) is 2.72. The molecule has 0 heterocycles. The Morgan fingerprint density at radius 1 is 1.20 bits per heavy atom. The van der Waals surface area contributed by atoms with Crippen LogP contribution in [0.5, 0.6) is 0 Å². The summed E-state index contributed by atoms with van der Waals surface area (Å²) in [7, 11) is 0. The molecule has 1 nitrogen and oxygen atoms in total. The molecular weight excluding hydrogens is 244 g/mol. The quantitative estimate of drug-likeness (QED) is 0.520. The van der Waals surface area contributed by atoms with Crippen LogP contribution in [0.15, 0.2) is 47.6 Å². The average Bonchev–Trinajstić information content (AvgIpc) is 2.38. The van der Waals surface area contributed by atoms with E-state index in [0.717, 1.165) is 25.5 Å². The number of rotatable bonds is 3. The summed E-state index contributed by atoms with van der Waals surface area (Å²) in [5, 5.41) is 0. The summed E-state index contributed by atoms with van der Waals surface area (Å²) in [6.07, 6.45) is 17.7. The first-order valence-corrected chi connectivity index (χ1v) is 7.59. The highest BCUT2D eigenvalue weighted by Gasteiger charge is 2.36. The van der Waals surface area contributed by atoms with E-state index in [9.17, 15) is 4.79 Å². The molecule has 20 heavy (non-hydrogen) atoms. The predicted octanol–water partition coefficient (Wildman–Crippen LogP) is 5.02. The number of carbonyl (C=O) groups excluding carboxylic acids is 1. The van der Waals surface area contributed by atoms with Gasteiger partial charge in [0.2, 0.25) is 0 Å². The van der Waals surface area contributed by atoms with Crippen molar-refractivity contribution in [3.8, 4) is 0 Å². The van der Waals surface area contributed by atoms with Crippen molar-refractivity contribution in [3.05, 3.63) is 47.6 Å². The maximum absolute atomic E-state index is 11.3. The monoisotopic (exact) mass is 270 g/mol. The van der Waals surface area contributed by atoms with Gasteiger partial charge in [0.05, 0.1) is 0 Å². The lowest BCUT2D eigenvalue weighted by atomic mass is 9.65. The highest BCUT2D eigenvalue weighted by molar-refractivity contribution is 5.58. The summed E-state index contributed by atoms with van der Waals surface area (Å²) in [4.78, 5) is 11.3. The summed E-state index contributed by atoms with van der Waals surface area (Å²) in [6.45, 7) is 8.82. The van der Waals surface area contributed by atoms with Crippen LogP contribution in [0.2, 0.25) is 0 Å². The van der Waals surface area contributed by atoms with E-state index in [0.29, 0.717) is 0 Å². The smallest absolute Gasteiger partial charge is 0.123 e. The molecule has 0 bridgehead atoms. The lowest BCUT2D eigenvalue weighted by Gasteiger charge is -2.38. The van der Waals surface area contributed by atoms with Crippen molar-refractivity contribution < 1.29 is 4.79 Å². The van der Waals surface area contributed by atoms with E-state index >= 15 is 0 Å². The van der Waals surface area contributed by atoms with Gasteiger partial charge in [-0.1, -0.05) is 55.9 Å². The summed E-state index contributed by atoms with van der Waals surface area (Å²) < 4.78 is 0. The minimum Gasteiger partial charge on any atom is -0.303 e. The first-order valence-electron chi connectivity index (χ1n) is 7.59. The van der Waals surface area contributed by atoms with Gasteiger partial charge in [0.1, 0.15) is 6.29 Å². The van der Waals surface area contributed by atoms with Crippen molar-refractivity contribution in [1.82, 2.24) is 0 Å². The van der Waals surface area contributed by atoms with Crippen LogP contribution in [-0.2, 0) is 4.79 Å². The fraction of sp³-hybridized carbons (Fsp3) is 0.526. The molecule has 1 atom stereocenters. The second-order valence-corrected chi connectivity index (χ2v) is 6.94. The van der Waals surface area contributed by atoms with E-state index < -0.39 is 0 Å². The van der Waals surface area contributed by atoms with Gasteiger partial charge in [-0.25, -0.2) is 0 Å². The van der Waals surface area contributed by atoms with Gasteiger partial charge >= 0.3 is 0 Å².